The van der Waals surface area contributed by atoms with Gasteiger partial charge < -0.3 is 9.67 Å². The molecule has 1 unspecified atom stereocenters. The lowest BCUT2D eigenvalue weighted by Crippen LogP contribution is -2.03. The number of imidazole rings is 1. The molecule has 1 N–H and O–H groups in total. The highest BCUT2D eigenvalue weighted by molar-refractivity contribution is 5.84. The van der Waals surface area contributed by atoms with E-state index in [0.717, 1.165) is 0 Å². The number of carboxylic acid groups (broad SMARTS) is 1. The number of aromatic nitrogens is 2. The van der Waals surface area contributed by atoms with Crippen LogP contribution in [0.25, 0.3) is 0 Å². The second-order valence-electron chi connectivity index (χ2n) is 2.56. The van der Waals surface area contributed by atoms with Crippen molar-refractivity contribution in [1.29, 1.82) is 5.26 Å². The van der Waals surface area contributed by atoms with Gasteiger partial charge in [-0.25, -0.2) is 9.78 Å². The van der Waals surface area contributed by atoms with Gasteiger partial charge in [-0.1, -0.05) is 6.92 Å². The smallest absolute Gasteiger partial charge is 0.356 e. The number of carbonyl (C=O) groups is 1. The largest absolute Gasteiger partial charge is 0.476 e. The molecule has 0 bridgehead atoms. The molecule has 5 heteroatoms. The maximum atomic E-state index is 10.5. The Morgan fingerprint density at radius 3 is 3.00 bits per heavy atom. The van der Waals surface area contributed by atoms with Gasteiger partial charge >= 0.3 is 5.97 Å². The zero-order chi connectivity index (χ0) is 9.84. The molecule has 1 atom stereocenters. The van der Waals surface area contributed by atoms with Crippen LogP contribution in [0, 0.1) is 11.3 Å². The van der Waals surface area contributed by atoms with Crippen molar-refractivity contribution < 1.29 is 9.90 Å². The third-order valence-electron chi connectivity index (χ3n) is 1.72. The Bertz CT molecular complexity index is 351. The summed E-state index contributed by atoms with van der Waals surface area (Å²) in [5, 5.41) is 17.2. The van der Waals surface area contributed by atoms with Crippen LogP contribution in [0.2, 0.25) is 0 Å². The Morgan fingerprint density at radius 2 is 2.62 bits per heavy atom. The standard InChI is InChI=1S/C8H9N3O2/c1-2-6(3-9)11-4-7(8(12)13)10-5-11/h4-6H,2H2,1H3,(H,12,13). The summed E-state index contributed by atoms with van der Waals surface area (Å²) in [5.74, 6) is -1.08. The van der Waals surface area contributed by atoms with Crippen molar-refractivity contribution in [2.45, 2.75) is 19.4 Å². The Balaban J connectivity index is 2.92. The summed E-state index contributed by atoms with van der Waals surface area (Å²) in [6.07, 6.45) is 3.35. The van der Waals surface area contributed by atoms with Gasteiger partial charge in [0.2, 0.25) is 0 Å². The normalized spacial score (nSPS) is 12.0. The predicted molar refractivity (Wildman–Crippen MR) is 44.1 cm³/mol. The van der Waals surface area contributed by atoms with Gasteiger partial charge in [0.1, 0.15) is 6.04 Å². The maximum absolute atomic E-state index is 10.5. The topological polar surface area (TPSA) is 78.9 Å². The molecule has 1 aromatic rings. The molecule has 0 spiro atoms. The van der Waals surface area contributed by atoms with E-state index in [-0.39, 0.29) is 11.7 Å². The first-order valence-electron chi connectivity index (χ1n) is 3.85. The van der Waals surface area contributed by atoms with Crippen molar-refractivity contribution in [2.24, 2.45) is 0 Å². The molecule has 1 aromatic heterocycles. The minimum atomic E-state index is -1.08. The molecule has 0 radical (unpaired) electrons. The van der Waals surface area contributed by atoms with Crippen LogP contribution >= 0.6 is 0 Å². The number of aromatic carboxylic acids is 1. The molecule has 1 heterocycles. The van der Waals surface area contributed by atoms with Crippen molar-refractivity contribution >= 4 is 5.97 Å². The van der Waals surface area contributed by atoms with E-state index in [0.29, 0.717) is 6.42 Å². The molecule has 0 saturated heterocycles. The van der Waals surface area contributed by atoms with Crippen LogP contribution in [-0.4, -0.2) is 20.6 Å². The molecular weight excluding hydrogens is 170 g/mol. The third-order valence-corrected chi connectivity index (χ3v) is 1.72. The van der Waals surface area contributed by atoms with E-state index in [4.69, 9.17) is 10.4 Å². The zero-order valence-corrected chi connectivity index (χ0v) is 7.14. The van der Waals surface area contributed by atoms with Gasteiger partial charge in [0, 0.05) is 6.20 Å². The highest BCUT2D eigenvalue weighted by Crippen LogP contribution is 2.10. The lowest BCUT2D eigenvalue weighted by molar-refractivity contribution is 0.0691. The first kappa shape index (κ1) is 9.26. The fourth-order valence-corrected chi connectivity index (χ4v) is 0.986. The molecule has 0 saturated carbocycles. The number of nitriles is 1. The Hall–Kier alpha value is -1.83. The zero-order valence-electron chi connectivity index (χ0n) is 7.14. The summed E-state index contributed by atoms with van der Waals surface area (Å²) in [6, 6.07) is 1.72. The molecule has 0 aromatic carbocycles. The van der Waals surface area contributed by atoms with E-state index >= 15 is 0 Å². The monoisotopic (exact) mass is 179 g/mol. The van der Waals surface area contributed by atoms with Gasteiger partial charge in [0.25, 0.3) is 0 Å². The van der Waals surface area contributed by atoms with Crippen LogP contribution in [0.3, 0.4) is 0 Å². The minimum Gasteiger partial charge on any atom is -0.476 e. The minimum absolute atomic E-state index is 0.0336. The van der Waals surface area contributed by atoms with Crippen molar-refractivity contribution in [3.8, 4) is 6.07 Å². The number of hydrogen-bond donors (Lipinski definition) is 1. The van der Waals surface area contributed by atoms with E-state index in [9.17, 15) is 4.79 Å². The summed E-state index contributed by atoms with van der Waals surface area (Å²) in [5.41, 5.74) is -0.0336. The number of hydrogen-bond acceptors (Lipinski definition) is 3. The fraction of sp³-hybridized carbons (Fsp3) is 0.375. The van der Waals surface area contributed by atoms with Crippen LogP contribution in [0.4, 0.5) is 0 Å². The van der Waals surface area contributed by atoms with E-state index < -0.39 is 5.97 Å². The average Bonchev–Trinajstić information content (AvgIpc) is 2.56. The van der Waals surface area contributed by atoms with Crippen LogP contribution < -0.4 is 0 Å². The van der Waals surface area contributed by atoms with Crippen LogP contribution in [0.15, 0.2) is 12.5 Å². The van der Waals surface area contributed by atoms with E-state index in [2.05, 4.69) is 11.1 Å². The van der Waals surface area contributed by atoms with E-state index in [1.54, 1.807) is 0 Å². The molecule has 13 heavy (non-hydrogen) atoms. The SMILES string of the molecule is CCC(C#N)n1cnc(C(=O)O)c1. The molecular formula is C8H9N3O2. The number of carboxylic acids is 1. The van der Waals surface area contributed by atoms with E-state index in [1.165, 1.54) is 17.1 Å². The van der Waals surface area contributed by atoms with Crippen LogP contribution in [0.5, 0.6) is 0 Å². The maximum Gasteiger partial charge on any atom is 0.356 e. The summed E-state index contributed by atoms with van der Waals surface area (Å²) in [6.45, 7) is 1.86. The second kappa shape index (κ2) is 3.72. The number of rotatable bonds is 3. The van der Waals surface area contributed by atoms with Gasteiger partial charge in [0.15, 0.2) is 5.69 Å². The lowest BCUT2D eigenvalue weighted by atomic mass is 10.2. The first-order chi connectivity index (χ1) is 6.19. The molecule has 68 valence electrons. The molecule has 0 amide bonds. The third kappa shape index (κ3) is 1.85. The quantitative estimate of drug-likeness (QED) is 0.752. The van der Waals surface area contributed by atoms with Gasteiger partial charge in [-0.15, -0.1) is 0 Å². The Labute approximate surface area is 75.2 Å². The van der Waals surface area contributed by atoms with Gasteiger partial charge in [-0.2, -0.15) is 5.26 Å². The molecule has 0 aliphatic carbocycles. The van der Waals surface area contributed by atoms with Crippen molar-refractivity contribution in [2.75, 3.05) is 0 Å². The highest BCUT2D eigenvalue weighted by Gasteiger charge is 2.11. The van der Waals surface area contributed by atoms with Crippen LogP contribution in [-0.2, 0) is 0 Å². The second-order valence-corrected chi connectivity index (χ2v) is 2.56. The molecule has 0 aliphatic heterocycles. The fourth-order valence-electron chi connectivity index (χ4n) is 0.986. The molecule has 0 aliphatic rings. The Kier molecular flexibility index (Phi) is 2.65. The summed E-state index contributed by atoms with van der Waals surface area (Å²) in [4.78, 5) is 14.1. The van der Waals surface area contributed by atoms with E-state index in [1.807, 2.05) is 6.92 Å². The highest BCUT2D eigenvalue weighted by atomic mass is 16.4. The first-order valence-corrected chi connectivity index (χ1v) is 3.85. The Morgan fingerprint density at radius 1 is 1.92 bits per heavy atom. The number of nitrogens with zero attached hydrogens (tertiary/aromatic N) is 3. The molecule has 5 nitrogen and oxygen atoms in total. The van der Waals surface area contributed by atoms with Gasteiger partial charge in [-0.3, -0.25) is 0 Å². The lowest BCUT2D eigenvalue weighted by Gasteiger charge is -2.05. The average molecular weight is 179 g/mol. The van der Waals surface area contributed by atoms with Crippen LogP contribution in [0.1, 0.15) is 29.9 Å². The van der Waals surface area contributed by atoms with Crippen molar-refractivity contribution in [3.63, 3.8) is 0 Å². The summed E-state index contributed by atoms with van der Waals surface area (Å²) in [7, 11) is 0. The van der Waals surface area contributed by atoms with Crippen molar-refractivity contribution in [3.05, 3.63) is 18.2 Å². The summed E-state index contributed by atoms with van der Waals surface area (Å²) >= 11 is 0. The predicted octanol–water partition coefficient (Wildman–Crippen LogP) is 1.06. The molecule has 0 fully saturated rings. The molecule has 1 rings (SSSR count). The van der Waals surface area contributed by atoms with Gasteiger partial charge in [0.05, 0.1) is 12.4 Å². The van der Waals surface area contributed by atoms with Gasteiger partial charge in [-0.05, 0) is 6.42 Å². The summed E-state index contributed by atoms with van der Waals surface area (Å²) < 4.78 is 1.50. The van der Waals surface area contributed by atoms with Crippen molar-refractivity contribution in [1.82, 2.24) is 9.55 Å².